The summed E-state index contributed by atoms with van der Waals surface area (Å²) < 4.78 is 14.7. The number of aryl methyl sites for hydroxylation is 1. The van der Waals surface area contributed by atoms with Gasteiger partial charge in [-0.1, -0.05) is 18.1 Å². The number of benzene rings is 1. The van der Waals surface area contributed by atoms with Crippen molar-refractivity contribution >= 4 is 28.1 Å². The number of hydrogen-bond donors (Lipinski definition) is 2. The fraction of sp³-hybridized carbons (Fsp3) is 0.577. The Morgan fingerprint density at radius 2 is 2.24 bits per heavy atom. The predicted molar refractivity (Wildman–Crippen MR) is 131 cm³/mol. The van der Waals surface area contributed by atoms with Crippen molar-refractivity contribution in [1.29, 1.82) is 0 Å². The minimum absolute atomic E-state index is 0.00733. The number of nitrogens with one attached hydrogen (secondary N) is 1. The third-order valence-corrected chi connectivity index (χ3v) is 9.34. The van der Waals surface area contributed by atoms with E-state index >= 15 is 0 Å². The number of aromatic hydroxyl groups is 1. The zero-order valence-electron chi connectivity index (χ0n) is 19.9. The highest BCUT2D eigenvalue weighted by Crippen LogP contribution is 2.62. The van der Waals surface area contributed by atoms with E-state index in [9.17, 15) is 14.3 Å². The van der Waals surface area contributed by atoms with Crippen molar-refractivity contribution in [3.8, 4) is 5.75 Å². The van der Waals surface area contributed by atoms with E-state index in [0.29, 0.717) is 41.3 Å². The molecule has 3 aliphatic rings. The molecule has 1 heterocycles. The monoisotopic (exact) mass is 485 g/mol. The van der Waals surface area contributed by atoms with E-state index < -0.39 is 5.82 Å². The minimum Gasteiger partial charge on any atom is -0.505 e. The molecule has 3 aliphatic carbocycles. The van der Waals surface area contributed by atoms with E-state index in [0.717, 1.165) is 48.3 Å². The van der Waals surface area contributed by atoms with Gasteiger partial charge in [-0.15, -0.1) is 11.3 Å². The van der Waals surface area contributed by atoms with Crippen molar-refractivity contribution in [1.82, 2.24) is 4.98 Å². The maximum atomic E-state index is 14.7. The summed E-state index contributed by atoms with van der Waals surface area (Å²) >= 11 is 1.48. The first-order chi connectivity index (χ1) is 16.3. The molecule has 0 aliphatic heterocycles. The van der Waals surface area contributed by atoms with Crippen LogP contribution in [0.2, 0.25) is 0 Å². The second kappa shape index (κ2) is 8.95. The topological polar surface area (TPSA) is 83.8 Å². The zero-order chi connectivity index (χ0) is 24.0. The summed E-state index contributed by atoms with van der Waals surface area (Å²) in [6.45, 7) is 4.27. The SMILES string of the molecule is CON=C1C[C@@H](CCC(=O)Nc2ncc(C)s2)C2C3CCc4c(ccc(O)c4F)C3CC[C@]12C. The van der Waals surface area contributed by atoms with Gasteiger partial charge < -0.3 is 15.3 Å². The number of carbonyl (C=O) groups excluding carboxylic acids is 1. The van der Waals surface area contributed by atoms with Crippen LogP contribution in [-0.2, 0) is 16.1 Å². The van der Waals surface area contributed by atoms with Crippen LogP contribution in [0.3, 0.4) is 0 Å². The number of hydrogen-bond acceptors (Lipinski definition) is 6. The van der Waals surface area contributed by atoms with Crippen molar-refractivity contribution in [3.63, 3.8) is 0 Å². The highest BCUT2D eigenvalue weighted by Gasteiger charge is 2.57. The molecule has 5 rings (SSSR count). The standard InChI is InChI=1S/C26H32FN3O3S/c1-14-13-28-25(34-14)29-22(32)9-4-15-12-21(30-33-3)26(2)11-10-17-16-7-8-20(31)24(27)19(16)6-5-18(17)23(15)26/h7-8,13,15,17-18,23,31H,4-6,9-12H2,1-3H3,(H,28,29,32)/t15-,17?,18?,23?,26-/m1/s1. The van der Waals surface area contributed by atoms with Crippen LogP contribution in [0, 0.1) is 35.9 Å². The van der Waals surface area contributed by atoms with E-state index in [4.69, 9.17) is 4.84 Å². The third kappa shape index (κ3) is 3.89. The fourth-order valence-electron chi connectivity index (χ4n) is 7.12. The van der Waals surface area contributed by atoms with Gasteiger partial charge >= 0.3 is 0 Å². The number of carbonyl (C=O) groups is 1. The molecular formula is C26H32FN3O3S. The Kier molecular flexibility index (Phi) is 6.12. The Labute approximate surface area is 203 Å². The molecule has 34 heavy (non-hydrogen) atoms. The Morgan fingerprint density at radius 3 is 2.97 bits per heavy atom. The molecule has 8 heteroatoms. The van der Waals surface area contributed by atoms with Crippen molar-refractivity contribution in [2.24, 2.45) is 28.3 Å². The number of aromatic nitrogens is 1. The third-order valence-electron chi connectivity index (χ3n) is 8.51. The van der Waals surface area contributed by atoms with Gasteiger partial charge in [0.2, 0.25) is 5.91 Å². The molecule has 3 unspecified atom stereocenters. The first-order valence-electron chi connectivity index (χ1n) is 12.1. The van der Waals surface area contributed by atoms with Gasteiger partial charge in [-0.25, -0.2) is 9.37 Å². The predicted octanol–water partition coefficient (Wildman–Crippen LogP) is 5.80. The molecule has 2 saturated carbocycles. The van der Waals surface area contributed by atoms with Crippen LogP contribution in [0.4, 0.5) is 9.52 Å². The highest BCUT2D eigenvalue weighted by atomic mass is 32.1. The van der Waals surface area contributed by atoms with Crippen LogP contribution < -0.4 is 5.32 Å². The quantitative estimate of drug-likeness (QED) is 0.524. The average molecular weight is 486 g/mol. The van der Waals surface area contributed by atoms with Gasteiger partial charge in [0, 0.05) is 22.9 Å². The highest BCUT2D eigenvalue weighted by molar-refractivity contribution is 7.15. The average Bonchev–Trinajstić information content (AvgIpc) is 3.34. The summed E-state index contributed by atoms with van der Waals surface area (Å²) in [5, 5.41) is 17.9. The molecule has 2 N–H and O–H groups in total. The van der Waals surface area contributed by atoms with Crippen LogP contribution in [0.25, 0.3) is 0 Å². The summed E-state index contributed by atoms with van der Waals surface area (Å²) in [4.78, 5) is 23.2. The summed E-state index contributed by atoms with van der Waals surface area (Å²) in [7, 11) is 1.60. The van der Waals surface area contributed by atoms with Crippen LogP contribution in [0.15, 0.2) is 23.5 Å². The molecule has 0 saturated heterocycles. The second-order valence-electron chi connectivity index (χ2n) is 10.3. The number of anilines is 1. The second-order valence-corrected chi connectivity index (χ2v) is 11.5. The normalized spacial score (nSPS) is 31.0. The van der Waals surface area contributed by atoms with E-state index in [1.54, 1.807) is 13.3 Å². The Morgan fingerprint density at radius 1 is 1.41 bits per heavy atom. The summed E-state index contributed by atoms with van der Waals surface area (Å²) in [6.07, 6.45) is 7.26. The van der Waals surface area contributed by atoms with E-state index in [2.05, 4.69) is 22.4 Å². The number of amides is 1. The minimum atomic E-state index is -0.456. The molecule has 1 aromatic carbocycles. The zero-order valence-corrected chi connectivity index (χ0v) is 20.8. The molecule has 182 valence electrons. The summed E-state index contributed by atoms with van der Waals surface area (Å²) in [5.74, 6) is 0.629. The van der Waals surface area contributed by atoms with Crippen molar-refractivity contribution in [2.75, 3.05) is 12.4 Å². The van der Waals surface area contributed by atoms with Crippen molar-refractivity contribution in [2.45, 2.75) is 64.7 Å². The number of thiazole rings is 1. The molecule has 6 nitrogen and oxygen atoms in total. The lowest BCUT2D eigenvalue weighted by Gasteiger charge is -2.50. The number of nitrogens with zero attached hydrogens (tertiary/aromatic N) is 2. The van der Waals surface area contributed by atoms with Crippen LogP contribution >= 0.6 is 11.3 Å². The van der Waals surface area contributed by atoms with E-state index in [1.165, 1.54) is 17.4 Å². The fourth-order valence-corrected chi connectivity index (χ4v) is 7.80. The molecule has 0 spiro atoms. The molecule has 2 fully saturated rings. The summed E-state index contributed by atoms with van der Waals surface area (Å²) in [5.41, 5.74) is 2.77. The Balaban J connectivity index is 1.39. The van der Waals surface area contributed by atoms with Gasteiger partial charge in [-0.05, 0) is 86.3 Å². The van der Waals surface area contributed by atoms with Gasteiger partial charge in [0.05, 0.1) is 5.71 Å². The van der Waals surface area contributed by atoms with E-state index in [-0.39, 0.29) is 23.0 Å². The maximum absolute atomic E-state index is 14.7. The van der Waals surface area contributed by atoms with Crippen LogP contribution in [0.1, 0.15) is 67.4 Å². The molecular weight excluding hydrogens is 453 g/mol. The number of fused-ring (bicyclic) bond motifs is 5. The molecule has 1 aromatic heterocycles. The van der Waals surface area contributed by atoms with Crippen LogP contribution in [0.5, 0.6) is 5.75 Å². The molecule has 0 bridgehead atoms. The largest absolute Gasteiger partial charge is 0.505 e. The van der Waals surface area contributed by atoms with Crippen molar-refractivity contribution < 1.29 is 19.1 Å². The molecule has 2 aromatic rings. The number of rotatable bonds is 5. The van der Waals surface area contributed by atoms with Gasteiger partial charge in [0.25, 0.3) is 0 Å². The van der Waals surface area contributed by atoms with Gasteiger partial charge in [0.1, 0.15) is 7.11 Å². The molecule has 5 atom stereocenters. The molecule has 1 amide bonds. The Hall–Kier alpha value is -2.48. The molecule has 0 radical (unpaired) electrons. The number of phenols is 1. The maximum Gasteiger partial charge on any atom is 0.226 e. The first kappa shape index (κ1) is 23.3. The summed E-state index contributed by atoms with van der Waals surface area (Å²) in [6, 6.07) is 3.42. The van der Waals surface area contributed by atoms with Gasteiger partial charge in [-0.2, -0.15) is 0 Å². The van der Waals surface area contributed by atoms with Gasteiger partial charge in [0.15, 0.2) is 16.7 Å². The Bertz CT molecular complexity index is 1130. The number of oxime groups is 1. The lowest BCUT2D eigenvalue weighted by molar-refractivity contribution is -0.116. The first-order valence-corrected chi connectivity index (χ1v) is 13.0. The smallest absolute Gasteiger partial charge is 0.226 e. The van der Waals surface area contributed by atoms with E-state index in [1.807, 2.05) is 13.0 Å². The van der Waals surface area contributed by atoms with Gasteiger partial charge in [-0.3, -0.25) is 4.79 Å². The lowest BCUT2D eigenvalue weighted by atomic mass is 9.54. The number of phenolic OH excluding ortho intramolecular Hbond substituents is 1. The van der Waals surface area contributed by atoms with Crippen LogP contribution in [-0.4, -0.2) is 28.8 Å². The lowest BCUT2D eigenvalue weighted by Crippen LogP contribution is -2.44. The number of halogens is 1. The van der Waals surface area contributed by atoms with Crippen molar-refractivity contribution in [3.05, 3.63) is 40.2 Å².